The van der Waals surface area contributed by atoms with Gasteiger partial charge in [-0.3, -0.25) is 9.59 Å². The number of carbonyl (C=O) groups excluding carboxylic acids is 2. The summed E-state index contributed by atoms with van der Waals surface area (Å²) in [5, 5.41) is 2.89. The molecule has 2 rings (SSSR count). The number of thioether (sulfide) groups is 1. The Bertz CT molecular complexity index is 846. The lowest BCUT2D eigenvalue weighted by atomic mass is 10.1. The average Bonchev–Trinajstić information content (AvgIpc) is 2.68. The summed E-state index contributed by atoms with van der Waals surface area (Å²) in [6.07, 6.45) is 0.588. The molecule has 0 heterocycles. The largest absolute Gasteiger partial charge is 0.355 e. The molecule has 0 saturated heterocycles. The lowest BCUT2D eigenvalue weighted by Crippen LogP contribution is -2.49. The van der Waals surface area contributed by atoms with Crippen molar-refractivity contribution in [1.82, 2.24) is 10.2 Å². The third kappa shape index (κ3) is 6.91. The molecule has 1 atom stereocenters. The minimum absolute atomic E-state index is 0.00531. The first kappa shape index (κ1) is 24.0. The van der Waals surface area contributed by atoms with E-state index in [4.69, 9.17) is 0 Å². The van der Waals surface area contributed by atoms with Crippen LogP contribution in [0.1, 0.15) is 48.1 Å². The Morgan fingerprint density at radius 3 is 2.30 bits per heavy atom. The maximum atomic E-state index is 13.2. The summed E-state index contributed by atoms with van der Waals surface area (Å²) >= 11 is 1.60. The number of nitrogens with one attached hydrogen (secondary N) is 1. The molecule has 0 bridgehead atoms. The molecular formula is C25H34N2O2S. The van der Waals surface area contributed by atoms with Gasteiger partial charge in [-0.2, -0.15) is 0 Å². The highest BCUT2D eigenvalue weighted by atomic mass is 32.2. The Morgan fingerprint density at radius 2 is 1.70 bits per heavy atom. The minimum atomic E-state index is -0.459. The minimum Gasteiger partial charge on any atom is -0.355 e. The Labute approximate surface area is 185 Å². The Balaban J connectivity index is 2.14. The predicted octanol–water partition coefficient (Wildman–Crippen LogP) is 4.79. The van der Waals surface area contributed by atoms with Gasteiger partial charge in [-0.25, -0.2) is 0 Å². The second-order valence-corrected chi connectivity index (χ2v) is 8.74. The van der Waals surface area contributed by atoms with Crippen LogP contribution in [0.3, 0.4) is 0 Å². The Hall–Kier alpha value is -2.27. The monoisotopic (exact) mass is 426 g/mol. The number of amides is 2. The number of hydrogen-bond donors (Lipinski definition) is 1. The molecule has 162 valence electrons. The summed E-state index contributed by atoms with van der Waals surface area (Å²) in [6, 6.07) is 14.1. The number of likely N-dealkylation sites (N-methyl/N-ethyl adjacent to an activating group) is 1. The summed E-state index contributed by atoms with van der Waals surface area (Å²) in [5.74, 6) is 1.06. The van der Waals surface area contributed by atoms with E-state index in [9.17, 15) is 9.59 Å². The van der Waals surface area contributed by atoms with Crippen molar-refractivity contribution in [1.29, 1.82) is 0 Å². The van der Waals surface area contributed by atoms with Gasteiger partial charge in [-0.15, -0.1) is 11.8 Å². The van der Waals surface area contributed by atoms with Gasteiger partial charge in [-0.05, 0) is 50.8 Å². The third-order valence-electron chi connectivity index (χ3n) is 5.11. The zero-order chi connectivity index (χ0) is 22.1. The number of nitrogens with zero attached hydrogens (tertiary/aromatic N) is 1. The number of carbonyl (C=O) groups is 2. The fourth-order valence-electron chi connectivity index (χ4n) is 3.67. The van der Waals surface area contributed by atoms with Gasteiger partial charge in [0, 0.05) is 18.8 Å². The normalized spacial score (nSPS) is 11.8. The summed E-state index contributed by atoms with van der Waals surface area (Å²) in [5.41, 5.74) is 5.91. The Kier molecular flexibility index (Phi) is 9.44. The van der Waals surface area contributed by atoms with Crippen molar-refractivity contribution in [3.8, 4) is 0 Å². The lowest BCUT2D eigenvalue weighted by Gasteiger charge is -2.31. The van der Waals surface area contributed by atoms with E-state index in [0.29, 0.717) is 25.3 Å². The zero-order valence-electron chi connectivity index (χ0n) is 18.8. The van der Waals surface area contributed by atoms with Crippen LogP contribution in [0.5, 0.6) is 0 Å². The van der Waals surface area contributed by atoms with Crippen molar-refractivity contribution in [2.24, 2.45) is 0 Å². The predicted molar refractivity (Wildman–Crippen MR) is 127 cm³/mol. The van der Waals surface area contributed by atoms with Gasteiger partial charge in [0.25, 0.3) is 0 Å². The maximum Gasteiger partial charge on any atom is 0.242 e. The molecule has 4 nitrogen and oxygen atoms in total. The van der Waals surface area contributed by atoms with Crippen LogP contribution >= 0.6 is 11.8 Å². The lowest BCUT2D eigenvalue weighted by molar-refractivity contribution is -0.139. The molecule has 0 radical (unpaired) electrons. The van der Waals surface area contributed by atoms with Gasteiger partial charge in [0.15, 0.2) is 0 Å². The molecule has 2 aromatic rings. The zero-order valence-corrected chi connectivity index (χ0v) is 19.6. The highest BCUT2D eigenvalue weighted by molar-refractivity contribution is 7.99. The van der Waals surface area contributed by atoms with Crippen molar-refractivity contribution in [2.45, 2.75) is 59.4 Å². The first-order valence-corrected chi connectivity index (χ1v) is 11.8. The highest BCUT2D eigenvalue weighted by Crippen LogP contribution is 2.20. The highest BCUT2D eigenvalue weighted by Gasteiger charge is 2.28. The van der Waals surface area contributed by atoms with Crippen LogP contribution in [0.4, 0.5) is 0 Å². The molecule has 5 heteroatoms. The van der Waals surface area contributed by atoms with E-state index in [1.165, 1.54) is 16.7 Å². The fraction of sp³-hybridized carbons (Fsp3) is 0.440. The third-order valence-corrected chi connectivity index (χ3v) is 6.10. The second kappa shape index (κ2) is 11.8. The van der Waals surface area contributed by atoms with Crippen LogP contribution < -0.4 is 5.32 Å². The van der Waals surface area contributed by atoms with E-state index in [1.807, 2.05) is 45.0 Å². The van der Waals surface area contributed by atoms with Gasteiger partial charge in [-0.1, -0.05) is 60.5 Å². The molecule has 2 aromatic carbocycles. The van der Waals surface area contributed by atoms with Crippen LogP contribution in [0.2, 0.25) is 0 Å². The van der Waals surface area contributed by atoms with E-state index in [1.54, 1.807) is 16.7 Å². The first-order valence-electron chi connectivity index (χ1n) is 10.6. The molecule has 0 saturated carbocycles. The van der Waals surface area contributed by atoms with E-state index in [2.05, 4.69) is 37.4 Å². The molecule has 0 aliphatic heterocycles. The van der Waals surface area contributed by atoms with E-state index in [-0.39, 0.29) is 11.8 Å². The van der Waals surface area contributed by atoms with Gasteiger partial charge in [0.1, 0.15) is 6.04 Å². The molecular weight excluding hydrogens is 392 g/mol. The van der Waals surface area contributed by atoms with Crippen LogP contribution in [0.15, 0.2) is 42.5 Å². The second-order valence-electron chi connectivity index (χ2n) is 7.76. The van der Waals surface area contributed by atoms with E-state index < -0.39 is 6.04 Å². The number of rotatable bonds is 10. The Morgan fingerprint density at radius 1 is 1.03 bits per heavy atom. The summed E-state index contributed by atoms with van der Waals surface area (Å²) < 4.78 is 0. The molecule has 2 amide bonds. The van der Waals surface area contributed by atoms with Crippen LogP contribution in [-0.4, -0.2) is 35.1 Å². The van der Waals surface area contributed by atoms with Crippen molar-refractivity contribution in [3.63, 3.8) is 0 Å². The van der Waals surface area contributed by atoms with Gasteiger partial charge in [0.2, 0.25) is 11.8 Å². The molecule has 0 aliphatic carbocycles. The van der Waals surface area contributed by atoms with Crippen molar-refractivity contribution < 1.29 is 9.59 Å². The molecule has 1 unspecified atom stereocenters. The summed E-state index contributed by atoms with van der Waals surface area (Å²) in [4.78, 5) is 27.6. The van der Waals surface area contributed by atoms with Crippen LogP contribution in [0, 0.1) is 20.8 Å². The number of hydrogen-bond acceptors (Lipinski definition) is 3. The molecule has 30 heavy (non-hydrogen) atoms. The quantitative estimate of drug-likeness (QED) is 0.594. The molecule has 1 N–H and O–H groups in total. The molecule has 0 aromatic heterocycles. The average molecular weight is 427 g/mol. The SMILES string of the molecule is CCNC(=O)C(CC)N(Cc1ccccc1C)C(=O)CSCc1cc(C)cc(C)c1. The van der Waals surface area contributed by atoms with Crippen molar-refractivity contribution in [3.05, 3.63) is 70.3 Å². The van der Waals surface area contributed by atoms with Crippen molar-refractivity contribution >= 4 is 23.6 Å². The van der Waals surface area contributed by atoms with Gasteiger partial charge < -0.3 is 10.2 Å². The molecule has 0 aliphatic rings. The first-order chi connectivity index (χ1) is 14.3. The van der Waals surface area contributed by atoms with Gasteiger partial charge >= 0.3 is 0 Å². The van der Waals surface area contributed by atoms with E-state index in [0.717, 1.165) is 16.9 Å². The number of benzene rings is 2. The summed E-state index contributed by atoms with van der Waals surface area (Å²) in [7, 11) is 0. The van der Waals surface area contributed by atoms with Crippen molar-refractivity contribution in [2.75, 3.05) is 12.3 Å². The standard InChI is InChI=1S/C25H34N2O2S/c1-6-23(25(29)26-7-2)27(15-22-11-9-8-10-20(22)5)24(28)17-30-16-21-13-18(3)12-19(4)14-21/h8-14,23H,6-7,15-17H2,1-5H3,(H,26,29). The maximum absolute atomic E-state index is 13.2. The topological polar surface area (TPSA) is 49.4 Å². The molecule has 0 spiro atoms. The smallest absolute Gasteiger partial charge is 0.242 e. The fourth-order valence-corrected chi connectivity index (χ4v) is 4.52. The van der Waals surface area contributed by atoms with Gasteiger partial charge in [0.05, 0.1) is 5.75 Å². The van der Waals surface area contributed by atoms with Crippen LogP contribution in [-0.2, 0) is 21.9 Å². The number of aryl methyl sites for hydroxylation is 3. The summed E-state index contributed by atoms with van der Waals surface area (Å²) in [6.45, 7) is 11.1. The van der Waals surface area contributed by atoms with E-state index >= 15 is 0 Å². The van der Waals surface area contributed by atoms with Crippen LogP contribution in [0.25, 0.3) is 0 Å². The molecule has 0 fully saturated rings.